The Morgan fingerprint density at radius 2 is 1.65 bits per heavy atom. The number of ether oxygens (including phenoxy) is 1. The number of aliphatic hydroxyl groups excluding tert-OH is 1. The van der Waals surface area contributed by atoms with E-state index >= 15 is 0 Å². The Kier molecular flexibility index (Phi) is 12.7. The van der Waals surface area contributed by atoms with E-state index in [1.54, 1.807) is 0 Å². The molecule has 0 saturated carbocycles. The fraction of sp³-hybridized carbons (Fsp3) is 0.536. The SMILES string of the molecule is CCCCCC[C@@H](O)C/C=C\CCCCCCCC(=O)Oc1ccc2ccccc2c1. The maximum absolute atomic E-state index is 12.1. The van der Waals surface area contributed by atoms with Crippen LogP contribution >= 0.6 is 0 Å². The van der Waals surface area contributed by atoms with Gasteiger partial charge >= 0.3 is 5.97 Å². The number of fused-ring (bicyclic) bond motifs is 1. The highest BCUT2D eigenvalue weighted by Crippen LogP contribution is 2.21. The average Bonchev–Trinajstić information content (AvgIpc) is 2.78. The predicted octanol–water partition coefficient (Wildman–Crippen LogP) is 7.75. The van der Waals surface area contributed by atoms with E-state index in [-0.39, 0.29) is 12.1 Å². The lowest BCUT2D eigenvalue weighted by atomic mass is 10.1. The second kappa shape index (κ2) is 15.6. The van der Waals surface area contributed by atoms with Crippen LogP contribution in [0.1, 0.15) is 90.4 Å². The van der Waals surface area contributed by atoms with Gasteiger partial charge in [-0.2, -0.15) is 0 Å². The van der Waals surface area contributed by atoms with E-state index in [1.807, 2.05) is 36.4 Å². The van der Waals surface area contributed by atoms with E-state index in [2.05, 4.69) is 25.1 Å². The first-order valence-corrected chi connectivity index (χ1v) is 12.2. The van der Waals surface area contributed by atoms with E-state index in [9.17, 15) is 9.90 Å². The summed E-state index contributed by atoms with van der Waals surface area (Å²) < 4.78 is 5.48. The third-order valence-corrected chi connectivity index (χ3v) is 5.67. The molecule has 0 aliphatic rings. The highest BCUT2D eigenvalue weighted by molar-refractivity contribution is 5.84. The van der Waals surface area contributed by atoms with Crippen molar-refractivity contribution in [2.24, 2.45) is 0 Å². The normalized spacial score (nSPS) is 12.5. The van der Waals surface area contributed by atoms with E-state index < -0.39 is 0 Å². The summed E-state index contributed by atoms with van der Waals surface area (Å²) in [6, 6.07) is 13.8. The number of aliphatic hydroxyl groups is 1. The molecule has 31 heavy (non-hydrogen) atoms. The third-order valence-electron chi connectivity index (χ3n) is 5.67. The molecule has 2 rings (SSSR count). The lowest BCUT2D eigenvalue weighted by molar-refractivity contribution is -0.134. The van der Waals surface area contributed by atoms with Gasteiger partial charge in [0.15, 0.2) is 0 Å². The number of allylic oxidation sites excluding steroid dienone is 1. The van der Waals surface area contributed by atoms with Crippen LogP contribution < -0.4 is 4.74 Å². The van der Waals surface area contributed by atoms with Crippen LogP contribution in [-0.4, -0.2) is 17.2 Å². The smallest absolute Gasteiger partial charge is 0.311 e. The standard InChI is InChI=1S/C28H40O3/c1-2-3-4-11-18-26(29)19-12-9-7-5-6-8-10-13-20-28(30)31-27-22-21-24-16-14-15-17-25(24)23-27/h9,12,14-17,21-23,26,29H,2-8,10-11,13,18-20H2,1H3/b12-9-/t26-/m1/s1. The van der Waals surface area contributed by atoms with Crippen LogP contribution in [0.5, 0.6) is 5.75 Å². The molecule has 2 aromatic carbocycles. The van der Waals surface area contributed by atoms with Crippen molar-refractivity contribution in [2.45, 2.75) is 96.5 Å². The molecule has 1 atom stereocenters. The van der Waals surface area contributed by atoms with Crippen LogP contribution in [0.15, 0.2) is 54.6 Å². The highest BCUT2D eigenvalue weighted by Gasteiger charge is 2.05. The van der Waals surface area contributed by atoms with E-state index in [4.69, 9.17) is 4.74 Å². The zero-order valence-electron chi connectivity index (χ0n) is 19.2. The average molecular weight is 425 g/mol. The summed E-state index contributed by atoms with van der Waals surface area (Å²) in [6.45, 7) is 2.21. The van der Waals surface area contributed by atoms with Gasteiger partial charge in [0.05, 0.1) is 6.10 Å². The van der Waals surface area contributed by atoms with E-state index in [0.717, 1.165) is 55.7 Å². The molecule has 0 saturated heterocycles. The van der Waals surface area contributed by atoms with Crippen LogP contribution in [-0.2, 0) is 4.79 Å². The predicted molar refractivity (Wildman–Crippen MR) is 130 cm³/mol. The van der Waals surface area contributed by atoms with Crippen LogP contribution in [0, 0.1) is 0 Å². The zero-order valence-corrected chi connectivity index (χ0v) is 19.2. The fourth-order valence-electron chi connectivity index (χ4n) is 3.77. The van der Waals surface area contributed by atoms with Crippen molar-refractivity contribution in [1.29, 1.82) is 0 Å². The molecule has 0 aliphatic carbocycles. The molecule has 2 aromatic rings. The van der Waals surface area contributed by atoms with Gasteiger partial charge in [-0.15, -0.1) is 0 Å². The topological polar surface area (TPSA) is 46.5 Å². The largest absolute Gasteiger partial charge is 0.427 e. The van der Waals surface area contributed by atoms with Crippen molar-refractivity contribution >= 4 is 16.7 Å². The fourth-order valence-corrected chi connectivity index (χ4v) is 3.77. The first kappa shape index (κ1) is 25.1. The molecule has 3 heteroatoms. The maximum Gasteiger partial charge on any atom is 0.311 e. The molecule has 0 spiro atoms. The number of carbonyl (C=O) groups is 1. The minimum atomic E-state index is -0.178. The number of benzene rings is 2. The minimum Gasteiger partial charge on any atom is -0.427 e. The van der Waals surface area contributed by atoms with Gasteiger partial charge in [0.25, 0.3) is 0 Å². The highest BCUT2D eigenvalue weighted by atomic mass is 16.5. The van der Waals surface area contributed by atoms with Gasteiger partial charge in [0.2, 0.25) is 0 Å². The number of esters is 1. The maximum atomic E-state index is 12.1. The minimum absolute atomic E-state index is 0.147. The summed E-state index contributed by atoms with van der Waals surface area (Å²) in [5.74, 6) is 0.480. The van der Waals surface area contributed by atoms with Crippen molar-refractivity contribution in [1.82, 2.24) is 0 Å². The van der Waals surface area contributed by atoms with Crippen LogP contribution in [0.2, 0.25) is 0 Å². The molecule has 0 amide bonds. The Hall–Kier alpha value is -2.13. The molecule has 0 bridgehead atoms. The van der Waals surface area contributed by atoms with Gasteiger partial charge in [0, 0.05) is 6.42 Å². The lowest BCUT2D eigenvalue weighted by Gasteiger charge is -2.07. The van der Waals surface area contributed by atoms with Gasteiger partial charge < -0.3 is 9.84 Å². The number of carbonyl (C=O) groups excluding carboxylic acids is 1. The Labute approximate surface area is 188 Å². The molecular formula is C28H40O3. The Morgan fingerprint density at radius 3 is 2.48 bits per heavy atom. The first-order chi connectivity index (χ1) is 15.2. The molecular weight excluding hydrogens is 384 g/mol. The molecule has 0 aliphatic heterocycles. The van der Waals surface area contributed by atoms with E-state index in [0.29, 0.717) is 12.2 Å². The lowest BCUT2D eigenvalue weighted by Crippen LogP contribution is -2.07. The molecule has 170 valence electrons. The summed E-state index contributed by atoms with van der Waals surface area (Å²) in [4.78, 5) is 12.1. The van der Waals surface area contributed by atoms with Crippen molar-refractivity contribution in [3.8, 4) is 5.75 Å². The molecule has 1 N–H and O–H groups in total. The van der Waals surface area contributed by atoms with Crippen molar-refractivity contribution in [3.05, 3.63) is 54.6 Å². The van der Waals surface area contributed by atoms with Crippen molar-refractivity contribution in [2.75, 3.05) is 0 Å². The second-order valence-electron chi connectivity index (χ2n) is 8.50. The molecule has 0 fully saturated rings. The van der Waals surface area contributed by atoms with Gasteiger partial charge in [-0.1, -0.05) is 94.4 Å². The summed E-state index contributed by atoms with van der Waals surface area (Å²) in [5, 5.41) is 12.2. The Morgan fingerprint density at radius 1 is 0.903 bits per heavy atom. The van der Waals surface area contributed by atoms with Crippen molar-refractivity contribution < 1.29 is 14.6 Å². The van der Waals surface area contributed by atoms with Gasteiger partial charge in [-0.25, -0.2) is 0 Å². The van der Waals surface area contributed by atoms with Crippen LogP contribution in [0.3, 0.4) is 0 Å². The Balaban J connectivity index is 1.45. The second-order valence-corrected chi connectivity index (χ2v) is 8.50. The monoisotopic (exact) mass is 424 g/mol. The number of hydrogen-bond acceptors (Lipinski definition) is 3. The third kappa shape index (κ3) is 11.2. The number of unbranched alkanes of at least 4 members (excludes halogenated alkanes) is 8. The Bertz CT molecular complexity index is 781. The summed E-state index contributed by atoms with van der Waals surface area (Å²) >= 11 is 0. The molecule has 3 nitrogen and oxygen atoms in total. The van der Waals surface area contributed by atoms with Crippen LogP contribution in [0.4, 0.5) is 0 Å². The first-order valence-electron chi connectivity index (χ1n) is 12.2. The van der Waals surface area contributed by atoms with E-state index in [1.165, 1.54) is 32.1 Å². The number of hydrogen-bond donors (Lipinski definition) is 1. The molecule has 0 unspecified atom stereocenters. The van der Waals surface area contributed by atoms with Crippen LogP contribution in [0.25, 0.3) is 10.8 Å². The van der Waals surface area contributed by atoms with Gasteiger partial charge in [-0.3, -0.25) is 4.79 Å². The van der Waals surface area contributed by atoms with Gasteiger partial charge in [0.1, 0.15) is 5.75 Å². The van der Waals surface area contributed by atoms with Gasteiger partial charge in [-0.05, 0) is 55.0 Å². The number of rotatable bonds is 16. The summed E-state index contributed by atoms with van der Waals surface area (Å²) in [6.07, 6.45) is 17.8. The quantitative estimate of drug-likeness (QED) is 0.130. The van der Waals surface area contributed by atoms with Crippen molar-refractivity contribution in [3.63, 3.8) is 0 Å². The zero-order chi connectivity index (χ0) is 22.2. The molecule has 0 radical (unpaired) electrons. The molecule has 0 heterocycles. The molecule has 0 aromatic heterocycles. The summed E-state index contributed by atoms with van der Waals surface area (Å²) in [7, 11) is 0. The summed E-state index contributed by atoms with van der Waals surface area (Å²) in [5.41, 5.74) is 0.